The number of aromatic nitrogens is 1. The molecule has 1 unspecified atom stereocenters. The predicted molar refractivity (Wildman–Crippen MR) is 91.5 cm³/mol. The lowest BCUT2D eigenvalue weighted by molar-refractivity contribution is -0.0531. The molecule has 2 rings (SSSR count). The van der Waals surface area contributed by atoms with Crippen molar-refractivity contribution in [2.45, 2.75) is 43.2 Å². The van der Waals surface area contributed by atoms with Gasteiger partial charge in [0.2, 0.25) is 5.88 Å². The van der Waals surface area contributed by atoms with Crippen LogP contribution in [0.25, 0.3) is 0 Å². The third-order valence-electron chi connectivity index (χ3n) is 4.19. The fourth-order valence-electron chi connectivity index (χ4n) is 2.73. The molecule has 1 aliphatic carbocycles. The Morgan fingerprint density at radius 3 is 2.56 bits per heavy atom. The highest BCUT2D eigenvalue weighted by molar-refractivity contribution is 7.90. The Balaban J connectivity index is 2.33. The van der Waals surface area contributed by atoms with Gasteiger partial charge in [-0.25, -0.2) is 13.4 Å². The van der Waals surface area contributed by atoms with Crippen LogP contribution in [0.2, 0.25) is 0 Å². The van der Waals surface area contributed by atoms with Gasteiger partial charge in [0, 0.05) is 12.2 Å². The molecule has 0 saturated heterocycles. The summed E-state index contributed by atoms with van der Waals surface area (Å²) in [4.78, 5) is 13.1. The summed E-state index contributed by atoms with van der Waals surface area (Å²) in [5, 5.41) is 0. The minimum atomic E-state index is -5.72. The largest absolute Gasteiger partial charge is 0.511 e. The number of halogens is 4. The van der Waals surface area contributed by atoms with E-state index in [2.05, 4.69) is 4.98 Å². The maximum absolute atomic E-state index is 13.2. The topological polar surface area (TPSA) is 103 Å². The van der Waals surface area contributed by atoms with Crippen LogP contribution in [0, 0.1) is 5.92 Å². The van der Waals surface area contributed by atoms with Crippen LogP contribution in [-0.2, 0) is 10.0 Å². The number of amides is 1. The van der Waals surface area contributed by atoms with Crippen molar-refractivity contribution in [3.8, 4) is 5.88 Å². The maximum Gasteiger partial charge on any atom is 0.511 e. The molecule has 7 nitrogen and oxygen atoms in total. The van der Waals surface area contributed by atoms with Crippen LogP contribution in [0.1, 0.15) is 37.0 Å². The Hall–Kier alpha value is -1.59. The summed E-state index contributed by atoms with van der Waals surface area (Å²) in [6, 6.07) is 1.75. The minimum absolute atomic E-state index is 0.106. The number of sulfonamides is 1. The summed E-state index contributed by atoms with van der Waals surface area (Å²) < 4.78 is 69.3. The lowest BCUT2D eigenvalue weighted by Crippen LogP contribution is -2.57. The third kappa shape index (κ3) is 4.64. The monoisotopic (exact) mass is 429 g/mol. The lowest BCUT2D eigenvalue weighted by Gasteiger charge is -2.39. The molecule has 0 spiro atoms. The summed E-state index contributed by atoms with van der Waals surface area (Å²) in [7, 11) is -5.72. The van der Waals surface area contributed by atoms with E-state index in [1.807, 2.05) is 0 Å². The fraction of sp³-hybridized carbons (Fsp3) is 0.600. The highest BCUT2D eigenvalue weighted by Crippen LogP contribution is 2.43. The highest BCUT2D eigenvalue weighted by Gasteiger charge is 2.58. The minimum Gasteiger partial charge on any atom is -0.474 e. The van der Waals surface area contributed by atoms with Crippen molar-refractivity contribution in [3.05, 3.63) is 23.9 Å². The Morgan fingerprint density at radius 2 is 2.07 bits per heavy atom. The molecule has 12 heteroatoms. The van der Waals surface area contributed by atoms with Gasteiger partial charge >= 0.3 is 15.5 Å². The van der Waals surface area contributed by atoms with Crippen LogP contribution in [0.5, 0.6) is 5.88 Å². The number of ether oxygens (including phenoxy) is 1. The molecule has 2 N–H and O–H groups in total. The van der Waals surface area contributed by atoms with Crippen LogP contribution >= 0.6 is 11.6 Å². The molecule has 0 radical (unpaired) electrons. The van der Waals surface area contributed by atoms with Gasteiger partial charge in [0.05, 0.1) is 0 Å². The Morgan fingerprint density at radius 1 is 1.48 bits per heavy atom. The van der Waals surface area contributed by atoms with Crippen LogP contribution in [0.3, 0.4) is 0 Å². The maximum atomic E-state index is 13.2. The summed E-state index contributed by atoms with van der Waals surface area (Å²) in [5.74, 6) is -1.34. The van der Waals surface area contributed by atoms with Crippen molar-refractivity contribution in [1.29, 1.82) is 0 Å². The molecule has 1 heterocycles. The third-order valence-corrected chi connectivity index (χ3v) is 6.42. The average Bonchev–Trinajstić information content (AvgIpc) is 3.36. The van der Waals surface area contributed by atoms with Crippen molar-refractivity contribution < 1.29 is 31.1 Å². The zero-order valence-corrected chi connectivity index (χ0v) is 16.1. The molecule has 0 bridgehead atoms. The number of rotatable bonds is 8. The van der Waals surface area contributed by atoms with Crippen LogP contribution in [-0.4, -0.2) is 46.8 Å². The van der Waals surface area contributed by atoms with Crippen molar-refractivity contribution in [3.63, 3.8) is 0 Å². The summed E-state index contributed by atoms with van der Waals surface area (Å²) in [6.07, 6.45) is 2.49. The van der Waals surface area contributed by atoms with E-state index in [0.29, 0.717) is 12.8 Å². The first-order valence-corrected chi connectivity index (χ1v) is 9.78. The Kier molecular flexibility index (Phi) is 5.98. The number of nitrogens with zero attached hydrogens (tertiary/aromatic N) is 2. The molecular formula is C15H19ClF3N3O4S. The van der Waals surface area contributed by atoms with Gasteiger partial charge in [0.15, 0.2) is 0 Å². The quantitative estimate of drug-likeness (QED) is 0.505. The lowest BCUT2D eigenvalue weighted by atomic mass is 10.2. The molecule has 0 aromatic carbocycles. The number of hydrogen-bond donors (Lipinski definition) is 1. The standard InChI is InChI=1S/C15H19ClF3N3O4S/c1-9(10-5-6-10)22(27(24,25)15(17,18)19)14(2,16)8-26-13-11(12(20)23)4-3-7-21-13/h3-4,7,9-10H,5-6,8H2,1-2H3,(H2,20,23)/t9?,14-/m1/s1. The molecule has 1 aliphatic rings. The second-order valence-corrected chi connectivity index (χ2v) is 9.10. The SMILES string of the molecule is CC(C1CC1)N([C@@](C)(Cl)COc1ncccc1C(N)=O)S(=O)(=O)C(F)(F)F. The first-order valence-electron chi connectivity index (χ1n) is 7.96. The van der Waals surface area contributed by atoms with Crippen LogP contribution in [0.4, 0.5) is 13.2 Å². The number of hydrogen-bond acceptors (Lipinski definition) is 5. The van der Waals surface area contributed by atoms with Crippen molar-refractivity contribution >= 4 is 27.5 Å². The zero-order valence-electron chi connectivity index (χ0n) is 14.5. The number of carbonyl (C=O) groups excluding carboxylic acids is 1. The number of pyridine rings is 1. The van der Waals surface area contributed by atoms with Gasteiger partial charge in [-0.15, -0.1) is 0 Å². The van der Waals surface area contributed by atoms with E-state index in [4.69, 9.17) is 22.1 Å². The molecule has 152 valence electrons. The normalized spacial score (nSPS) is 18.8. The molecule has 1 amide bonds. The highest BCUT2D eigenvalue weighted by atomic mass is 35.5. The van der Waals surface area contributed by atoms with Gasteiger partial charge in [0.25, 0.3) is 5.91 Å². The molecular weight excluding hydrogens is 411 g/mol. The van der Waals surface area contributed by atoms with E-state index < -0.39 is 39.1 Å². The zero-order chi connectivity index (χ0) is 20.6. The van der Waals surface area contributed by atoms with Gasteiger partial charge in [-0.05, 0) is 44.7 Å². The number of carbonyl (C=O) groups is 1. The molecule has 1 aromatic heterocycles. The second kappa shape index (κ2) is 7.44. The molecule has 2 atom stereocenters. The van der Waals surface area contributed by atoms with Crippen molar-refractivity contribution in [2.75, 3.05) is 6.61 Å². The van der Waals surface area contributed by atoms with Crippen LogP contribution < -0.4 is 10.5 Å². The molecule has 1 saturated carbocycles. The fourth-order valence-corrected chi connectivity index (χ4v) is 4.60. The summed E-state index contributed by atoms with van der Waals surface area (Å²) >= 11 is 6.22. The van der Waals surface area contributed by atoms with Crippen molar-refractivity contribution in [2.24, 2.45) is 11.7 Å². The van der Waals surface area contributed by atoms with E-state index in [1.165, 1.54) is 25.3 Å². The van der Waals surface area contributed by atoms with E-state index in [9.17, 15) is 26.4 Å². The van der Waals surface area contributed by atoms with E-state index in [1.54, 1.807) is 0 Å². The number of primary amides is 1. The van der Waals surface area contributed by atoms with Gasteiger partial charge < -0.3 is 10.5 Å². The molecule has 27 heavy (non-hydrogen) atoms. The average molecular weight is 430 g/mol. The van der Waals surface area contributed by atoms with Gasteiger partial charge in [-0.2, -0.15) is 17.5 Å². The molecule has 1 fully saturated rings. The van der Waals surface area contributed by atoms with Crippen molar-refractivity contribution in [1.82, 2.24) is 9.29 Å². The Labute approximate surface area is 159 Å². The smallest absolute Gasteiger partial charge is 0.474 e. The van der Waals surface area contributed by atoms with Gasteiger partial charge in [-0.1, -0.05) is 11.6 Å². The van der Waals surface area contributed by atoms with Gasteiger partial charge in [0.1, 0.15) is 17.2 Å². The number of alkyl halides is 4. The Bertz CT molecular complexity index is 813. The predicted octanol–water partition coefficient (Wildman–Crippen LogP) is 2.46. The van der Waals surface area contributed by atoms with E-state index in [-0.39, 0.29) is 21.7 Å². The van der Waals surface area contributed by atoms with Gasteiger partial charge in [-0.3, -0.25) is 4.79 Å². The first-order chi connectivity index (χ1) is 12.3. The molecule has 1 aromatic rings. The number of nitrogens with two attached hydrogens (primary N) is 1. The summed E-state index contributed by atoms with van der Waals surface area (Å²) in [5.41, 5.74) is -0.435. The summed E-state index contributed by atoms with van der Waals surface area (Å²) in [6.45, 7) is 1.79. The van der Waals surface area contributed by atoms with E-state index in [0.717, 1.165) is 6.92 Å². The first kappa shape index (κ1) is 21.7. The second-order valence-electron chi connectivity index (χ2n) is 6.48. The molecule has 0 aliphatic heterocycles. The van der Waals surface area contributed by atoms with Crippen LogP contribution in [0.15, 0.2) is 18.3 Å². The van der Waals surface area contributed by atoms with E-state index >= 15 is 0 Å².